The first-order valence-corrected chi connectivity index (χ1v) is 45.6. The van der Waals surface area contributed by atoms with Gasteiger partial charge in [0.1, 0.15) is 27.4 Å². The smallest absolute Gasteiger partial charge is 0.410 e. The molecule has 664 valence electrons. The highest BCUT2D eigenvalue weighted by molar-refractivity contribution is 7.98. The Morgan fingerprint density at radius 3 is 1.03 bits per heavy atom. The summed E-state index contributed by atoms with van der Waals surface area (Å²) in [6.45, 7) is 35.9. The zero-order valence-corrected chi connectivity index (χ0v) is 75.0. The highest BCUT2D eigenvalue weighted by atomic mass is 32.2. The van der Waals surface area contributed by atoms with Gasteiger partial charge in [-0.2, -0.15) is 9.97 Å². The van der Waals surface area contributed by atoms with Crippen LogP contribution in [0.4, 0.5) is 55.6 Å². The summed E-state index contributed by atoms with van der Waals surface area (Å²) in [6.07, 6.45) is 25.5. The average Bonchev–Trinajstić information content (AvgIpc) is 1.61. The molecule has 29 heteroatoms. The van der Waals surface area contributed by atoms with Crippen LogP contribution in [0.3, 0.4) is 0 Å². The van der Waals surface area contributed by atoms with Crippen LogP contribution in [-0.4, -0.2) is 176 Å². The molecule has 18 rings (SSSR count). The van der Waals surface area contributed by atoms with Crippen molar-refractivity contribution in [3.8, 4) is 17.1 Å². The normalized spacial score (nSPS) is 16.7. The first-order valence-electron chi connectivity index (χ1n) is 44.3. The fraction of sp³-hybridized carbons (Fsp3) is 0.398. The topological polar surface area (TPSA) is 289 Å². The van der Waals surface area contributed by atoms with Crippen molar-refractivity contribution in [2.75, 3.05) is 116 Å². The SMILES string of the molecule is C=CCn1c(=O)c2cnc(Nc3ccc(N4CCC5(CCN(C(=O)OC(C)(C)C)CC5)CC4)cc3)nc2n1-c1ccccc1.C=CCn1c(=O)c2cnc(Nc3ccc(N4CCC5(CCNCC5)CC4)cc3)nc2n1-c1ccccc1.C=CCn1c(=O)c2cnc(SC)nc2n1-c1ccccc1.CC(C)(C)OC(=O)N1CCC2(CC1)CCN(c1ccc(N)cc1)CC2. The number of thioether (sulfide) groups is 1. The zero-order valence-electron chi connectivity index (χ0n) is 74.2. The number of ether oxygens (including phenoxy) is 2. The standard InChI is InChI=1S/C34H41N7O3.C29H33N7O.C20H31N3O2.C15H14N4OS/c1-5-19-40-30(42)28-24-35-31(37-29(28)41(40)27-9-7-6-8-10-27)36-25-11-13-26(14-12-25)38-20-15-34(16-21-38)17-22-39(23-18-34)32(43)44-33(2,3)4;1-2-18-35-27(37)25-21-31-28(33-26(25)36(35)24-6-4-3-5-7-24)32-22-8-10-23(11-9-22)34-19-14-29(15-20-34)12-16-30-17-13-29;1-19(2,3)25-18(24)23-14-10-20(11-15-23)8-12-22(13-9-20)17-6-4-16(21)5-7-17;1-3-9-18-14(20)12-10-16-15(21-2)17-13(12)19(18)11-7-5-4-6-8-11/h5-14,24H,1,15-23H2,2-4H3,(H,35,36,37);2-11,21,30H,1,12-20H2,(H,31,32,33);4-7H,8-15,21H2,1-3H3;3-8,10H,1,9H2,2H3. The third-order valence-electron chi connectivity index (χ3n) is 25.4. The Balaban J connectivity index is 0.000000136. The van der Waals surface area contributed by atoms with Crippen molar-refractivity contribution in [2.24, 2.45) is 16.2 Å². The molecule has 0 radical (unpaired) electrons. The van der Waals surface area contributed by atoms with Crippen LogP contribution in [0.15, 0.2) is 240 Å². The molecular formula is C98H119N21O7S. The van der Waals surface area contributed by atoms with E-state index in [2.05, 4.69) is 119 Å². The summed E-state index contributed by atoms with van der Waals surface area (Å²) in [5.41, 5.74) is 16.3. The van der Waals surface area contributed by atoms with E-state index in [0.29, 0.717) is 86.0 Å². The van der Waals surface area contributed by atoms with Crippen molar-refractivity contribution in [1.29, 1.82) is 0 Å². The van der Waals surface area contributed by atoms with Gasteiger partial charge in [-0.3, -0.25) is 14.4 Å². The number of para-hydroxylation sites is 3. The van der Waals surface area contributed by atoms with Crippen molar-refractivity contribution in [2.45, 2.75) is 155 Å². The van der Waals surface area contributed by atoms with Crippen LogP contribution in [0.1, 0.15) is 119 Å². The van der Waals surface area contributed by atoms with Crippen LogP contribution in [-0.2, 0) is 29.1 Å². The molecule has 28 nitrogen and oxygen atoms in total. The Bertz CT molecular complexity index is 5980. The van der Waals surface area contributed by atoms with E-state index < -0.39 is 11.2 Å². The number of benzene rings is 6. The third-order valence-corrected chi connectivity index (χ3v) is 26.0. The fourth-order valence-electron chi connectivity index (χ4n) is 18.3. The van der Waals surface area contributed by atoms with Gasteiger partial charge in [-0.1, -0.05) is 84.6 Å². The van der Waals surface area contributed by atoms with Gasteiger partial charge in [0.15, 0.2) is 22.1 Å². The summed E-state index contributed by atoms with van der Waals surface area (Å²) >= 11 is 1.45. The maximum absolute atomic E-state index is 13.1. The van der Waals surface area contributed by atoms with Gasteiger partial charge in [0.25, 0.3) is 16.7 Å². The van der Waals surface area contributed by atoms with Gasteiger partial charge in [-0.15, -0.1) is 19.7 Å². The molecule has 0 unspecified atom stereocenters. The predicted octanol–water partition coefficient (Wildman–Crippen LogP) is 17.0. The van der Waals surface area contributed by atoms with Gasteiger partial charge in [0.2, 0.25) is 11.9 Å². The van der Waals surface area contributed by atoms with E-state index in [0.717, 1.165) is 151 Å². The Hall–Kier alpha value is -12.8. The number of nitrogens with zero attached hydrogens (tertiary/aromatic N) is 17. The number of likely N-dealkylation sites (tertiary alicyclic amines) is 2. The number of amides is 2. The molecule has 0 saturated carbocycles. The molecule has 0 aliphatic carbocycles. The molecule has 127 heavy (non-hydrogen) atoms. The van der Waals surface area contributed by atoms with Gasteiger partial charge in [-0.25, -0.2) is 57.6 Å². The van der Waals surface area contributed by atoms with Crippen molar-refractivity contribution in [3.05, 3.63) is 251 Å². The number of nitrogens with one attached hydrogen (secondary N) is 3. The lowest BCUT2D eigenvalue weighted by atomic mass is 9.71. The van der Waals surface area contributed by atoms with Crippen LogP contribution in [0.25, 0.3) is 50.2 Å². The van der Waals surface area contributed by atoms with Crippen LogP contribution in [0.5, 0.6) is 0 Å². The number of fused-ring (bicyclic) bond motifs is 3. The molecule has 3 spiro atoms. The molecule has 0 atom stereocenters. The quantitative estimate of drug-likeness (QED) is 0.0285. The first-order chi connectivity index (χ1) is 61.3. The van der Waals surface area contributed by atoms with Gasteiger partial charge in [-0.05, 0) is 263 Å². The number of piperidine rings is 6. The number of anilines is 8. The molecule has 5 N–H and O–H groups in total. The number of rotatable bonds is 17. The van der Waals surface area contributed by atoms with E-state index in [1.165, 1.54) is 67.3 Å². The van der Waals surface area contributed by atoms with Crippen LogP contribution >= 0.6 is 11.8 Å². The third kappa shape index (κ3) is 20.9. The molecule has 6 fully saturated rings. The second kappa shape index (κ2) is 39.0. The highest BCUT2D eigenvalue weighted by Gasteiger charge is 2.42. The lowest BCUT2D eigenvalue weighted by molar-refractivity contribution is 0.00563. The van der Waals surface area contributed by atoms with Gasteiger partial charge in [0, 0.05) is 118 Å². The highest BCUT2D eigenvalue weighted by Crippen LogP contribution is 2.45. The van der Waals surface area contributed by atoms with Crippen molar-refractivity contribution in [3.63, 3.8) is 0 Å². The molecule has 6 saturated heterocycles. The molecule has 2 amide bonds. The predicted molar refractivity (Wildman–Crippen MR) is 510 cm³/mol. The van der Waals surface area contributed by atoms with Crippen LogP contribution in [0, 0.1) is 16.2 Å². The number of carbonyl (C=O) groups excluding carboxylic acids is 2. The maximum atomic E-state index is 13.1. The Kier molecular flexibility index (Phi) is 27.4. The minimum Gasteiger partial charge on any atom is -0.444 e. The summed E-state index contributed by atoms with van der Waals surface area (Å²) < 4.78 is 21.4. The summed E-state index contributed by atoms with van der Waals surface area (Å²) in [4.78, 5) is 102. The van der Waals surface area contributed by atoms with Crippen LogP contribution in [0.2, 0.25) is 0 Å². The number of aromatic nitrogens is 12. The summed E-state index contributed by atoms with van der Waals surface area (Å²) in [5.74, 6) is 0.870. The van der Waals surface area contributed by atoms with E-state index in [1.54, 1.807) is 50.9 Å². The van der Waals surface area contributed by atoms with Gasteiger partial charge in [0.05, 0.1) is 36.7 Å². The van der Waals surface area contributed by atoms with Crippen molar-refractivity contribution >= 4 is 103 Å². The molecule has 12 aromatic rings. The van der Waals surface area contributed by atoms with E-state index in [9.17, 15) is 24.0 Å². The second-order valence-corrected chi connectivity index (χ2v) is 36.8. The molecule has 12 heterocycles. The number of nitrogens with two attached hydrogens (primary N) is 1. The summed E-state index contributed by atoms with van der Waals surface area (Å²) in [7, 11) is 0. The summed E-state index contributed by atoms with van der Waals surface area (Å²) in [6, 6.07) is 54.1. The molecule has 6 aromatic heterocycles. The minimum atomic E-state index is -0.464. The largest absolute Gasteiger partial charge is 0.444 e. The monoisotopic (exact) mass is 1730 g/mol. The molecule has 6 aliphatic heterocycles. The minimum absolute atomic E-state index is 0.110. The number of allylic oxidation sites excluding steroid dienone is 3. The van der Waals surface area contributed by atoms with Crippen molar-refractivity contribution < 1.29 is 19.1 Å². The lowest BCUT2D eigenvalue weighted by Gasteiger charge is -2.47. The van der Waals surface area contributed by atoms with E-state index >= 15 is 0 Å². The van der Waals surface area contributed by atoms with E-state index in [1.807, 2.05) is 187 Å². The number of hydrogen-bond donors (Lipinski definition) is 4. The Labute approximate surface area is 746 Å². The van der Waals surface area contributed by atoms with Crippen LogP contribution < -0.4 is 53.1 Å². The summed E-state index contributed by atoms with van der Waals surface area (Å²) in [5, 5.41) is 12.2. The zero-order chi connectivity index (χ0) is 89.0. The number of nitrogen functional groups attached to an aromatic ring is 1. The molecule has 0 bridgehead atoms. The Morgan fingerprint density at radius 1 is 0.417 bits per heavy atom. The number of carbonyl (C=O) groups is 2. The number of hydrogen-bond acceptors (Lipinski definition) is 21. The molecular weight excluding hydrogens is 1620 g/mol. The lowest BCUT2D eigenvalue weighted by Crippen LogP contribution is -2.49. The van der Waals surface area contributed by atoms with Crippen molar-refractivity contribution in [1.82, 2.24) is 73.1 Å². The maximum Gasteiger partial charge on any atom is 0.410 e. The van der Waals surface area contributed by atoms with E-state index in [-0.39, 0.29) is 28.9 Å². The fourth-order valence-corrected chi connectivity index (χ4v) is 18.6. The molecule has 6 aliphatic rings. The first kappa shape index (κ1) is 89.1. The van der Waals surface area contributed by atoms with E-state index in [4.69, 9.17) is 25.2 Å². The second-order valence-electron chi connectivity index (χ2n) is 36.0. The molecule has 6 aromatic carbocycles. The average molecular weight is 1740 g/mol. The van der Waals surface area contributed by atoms with Gasteiger partial charge < -0.3 is 55.7 Å². The Morgan fingerprint density at radius 2 is 0.717 bits per heavy atom. The van der Waals surface area contributed by atoms with Gasteiger partial charge >= 0.3 is 12.2 Å².